The number of carbonyl (C=O) groups is 1. The SMILES string of the molecule is CCCCCC/C=C\CCCCCCCC(=O)NC(CS(=O)(=O)O)C(O)CCCCCCCCCC. The van der Waals surface area contributed by atoms with E-state index in [4.69, 9.17) is 0 Å². The summed E-state index contributed by atoms with van der Waals surface area (Å²) in [4.78, 5) is 12.3. The molecule has 0 saturated carbocycles. The average Bonchev–Trinajstić information content (AvgIpc) is 2.82. The highest BCUT2D eigenvalue weighted by atomic mass is 32.2. The van der Waals surface area contributed by atoms with Crippen molar-refractivity contribution >= 4 is 16.0 Å². The zero-order valence-corrected chi connectivity index (χ0v) is 24.2. The topological polar surface area (TPSA) is 104 Å². The Bertz CT molecular complexity index is 636. The Labute approximate surface area is 222 Å². The van der Waals surface area contributed by atoms with Gasteiger partial charge in [-0.2, -0.15) is 8.42 Å². The fourth-order valence-corrected chi connectivity index (χ4v) is 5.21. The minimum absolute atomic E-state index is 0.260. The van der Waals surface area contributed by atoms with Gasteiger partial charge in [0, 0.05) is 6.42 Å². The van der Waals surface area contributed by atoms with Crippen LogP contribution in [0.15, 0.2) is 12.2 Å². The third-order valence-electron chi connectivity index (χ3n) is 6.72. The summed E-state index contributed by atoms with van der Waals surface area (Å²) in [6.45, 7) is 4.42. The number of allylic oxidation sites excluding steroid dienone is 2. The van der Waals surface area contributed by atoms with Crippen molar-refractivity contribution in [2.24, 2.45) is 0 Å². The molecule has 0 aromatic carbocycles. The molecule has 0 spiro atoms. The molecule has 0 aliphatic rings. The Morgan fingerprint density at radius 1 is 0.722 bits per heavy atom. The van der Waals surface area contributed by atoms with Gasteiger partial charge in [-0.25, -0.2) is 0 Å². The normalized spacial score (nSPS) is 13.8. The van der Waals surface area contributed by atoms with Gasteiger partial charge in [-0.15, -0.1) is 0 Å². The molecule has 0 aliphatic carbocycles. The number of aliphatic hydroxyl groups is 1. The second-order valence-electron chi connectivity index (χ2n) is 10.4. The molecule has 7 heteroatoms. The first kappa shape index (κ1) is 35.1. The van der Waals surface area contributed by atoms with Crippen molar-refractivity contribution in [1.29, 1.82) is 0 Å². The molecule has 0 aromatic rings. The van der Waals surface area contributed by atoms with Gasteiger partial charge in [0.05, 0.1) is 17.9 Å². The van der Waals surface area contributed by atoms with Crippen molar-refractivity contribution in [2.75, 3.05) is 5.75 Å². The summed E-state index contributed by atoms with van der Waals surface area (Å²) in [5.41, 5.74) is 0. The van der Waals surface area contributed by atoms with E-state index < -0.39 is 28.0 Å². The summed E-state index contributed by atoms with van der Waals surface area (Å²) in [7, 11) is -4.29. The highest BCUT2D eigenvalue weighted by molar-refractivity contribution is 7.85. The standard InChI is InChI=1S/C29H57NO5S/c1-3-5-7-9-11-13-14-15-16-17-19-21-23-25-29(32)30-27(26-36(33,34)35)28(31)24-22-20-18-12-10-8-6-4-2/h13-14,27-28,31H,3-12,15-26H2,1-2H3,(H,30,32)(H,33,34,35)/b14-13-. The molecule has 2 atom stereocenters. The molecule has 0 bridgehead atoms. The monoisotopic (exact) mass is 531 g/mol. The second kappa shape index (κ2) is 24.4. The fraction of sp³-hybridized carbons (Fsp3) is 0.897. The molecule has 214 valence electrons. The van der Waals surface area contributed by atoms with Crippen molar-refractivity contribution in [3.05, 3.63) is 12.2 Å². The molecule has 0 rings (SSSR count). The van der Waals surface area contributed by atoms with Crippen molar-refractivity contribution in [3.63, 3.8) is 0 Å². The van der Waals surface area contributed by atoms with E-state index in [0.29, 0.717) is 12.8 Å². The summed E-state index contributed by atoms with van der Waals surface area (Å²) >= 11 is 0. The molecule has 0 saturated heterocycles. The molecule has 3 N–H and O–H groups in total. The van der Waals surface area contributed by atoms with Crippen LogP contribution in [0.25, 0.3) is 0 Å². The molecule has 0 fully saturated rings. The van der Waals surface area contributed by atoms with Crippen LogP contribution in [0.3, 0.4) is 0 Å². The Hall–Kier alpha value is -0.920. The highest BCUT2D eigenvalue weighted by Crippen LogP contribution is 2.14. The van der Waals surface area contributed by atoms with Gasteiger partial charge in [0.2, 0.25) is 5.91 Å². The molecule has 0 aliphatic heterocycles. The van der Waals surface area contributed by atoms with Crippen LogP contribution < -0.4 is 5.32 Å². The van der Waals surface area contributed by atoms with Gasteiger partial charge < -0.3 is 10.4 Å². The van der Waals surface area contributed by atoms with Crippen molar-refractivity contribution < 1.29 is 22.9 Å². The number of hydrogen-bond acceptors (Lipinski definition) is 4. The molecule has 2 unspecified atom stereocenters. The number of rotatable bonds is 26. The van der Waals surface area contributed by atoms with Crippen LogP contribution in [-0.4, -0.2) is 41.9 Å². The van der Waals surface area contributed by atoms with E-state index in [-0.39, 0.29) is 5.91 Å². The average molecular weight is 532 g/mol. The smallest absolute Gasteiger partial charge is 0.266 e. The van der Waals surface area contributed by atoms with E-state index in [1.165, 1.54) is 70.6 Å². The van der Waals surface area contributed by atoms with Gasteiger partial charge in [-0.05, 0) is 38.5 Å². The molecule has 0 heterocycles. The minimum Gasteiger partial charge on any atom is -0.391 e. The lowest BCUT2D eigenvalue weighted by atomic mass is 10.0. The number of hydrogen-bond donors (Lipinski definition) is 3. The van der Waals surface area contributed by atoms with Gasteiger partial charge >= 0.3 is 0 Å². The minimum atomic E-state index is -4.29. The maximum absolute atomic E-state index is 12.3. The molecule has 6 nitrogen and oxygen atoms in total. The lowest BCUT2D eigenvalue weighted by molar-refractivity contribution is -0.122. The summed E-state index contributed by atoms with van der Waals surface area (Å²) < 4.78 is 32.1. The molecular formula is C29H57NO5S. The largest absolute Gasteiger partial charge is 0.391 e. The van der Waals surface area contributed by atoms with Crippen LogP contribution in [0.1, 0.15) is 149 Å². The second-order valence-corrected chi connectivity index (χ2v) is 11.9. The highest BCUT2D eigenvalue weighted by Gasteiger charge is 2.25. The number of carbonyl (C=O) groups excluding carboxylic acids is 1. The quantitative estimate of drug-likeness (QED) is 0.0609. The first-order valence-corrected chi connectivity index (χ1v) is 16.5. The Morgan fingerprint density at radius 3 is 1.69 bits per heavy atom. The molecular weight excluding hydrogens is 474 g/mol. The van der Waals surface area contributed by atoms with Crippen molar-refractivity contribution in [2.45, 2.75) is 161 Å². The third-order valence-corrected chi connectivity index (χ3v) is 7.50. The van der Waals surface area contributed by atoms with Crippen molar-refractivity contribution in [1.82, 2.24) is 5.32 Å². The maximum atomic E-state index is 12.3. The molecule has 0 aromatic heterocycles. The maximum Gasteiger partial charge on any atom is 0.266 e. The zero-order valence-electron chi connectivity index (χ0n) is 23.4. The lowest BCUT2D eigenvalue weighted by Crippen LogP contribution is -2.47. The predicted molar refractivity (Wildman–Crippen MR) is 152 cm³/mol. The summed E-state index contributed by atoms with van der Waals surface area (Å²) in [5.74, 6) is -0.909. The van der Waals surface area contributed by atoms with Gasteiger partial charge in [-0.1, -0.05) is 116 Å². The van der Waals surface area contributed by atoms with Crippen LogP contribution in [0, 0.1) is 0 Å². The summed E-state index contributed by atoms with van der Waals surface area (Å²) in [5, 5.41) is 13.1. The summed E-state index contributed by atoms with van der Waals surface area (Å²) in [6.07, 6.45) is 25.9. The predicted octanol–water partition coefficient (Wildman–Crippen LogP) is 7.51. The third kappa shape index (κ3) is 24.8. The van der Waals surface area contributed by atoms with Crippen LogP contribution in [-0.2, 0) is 14.9 Å². The molecule has 1 amide bonds. The van der Waals surface area contributed by atoms with Crippen LogP contribution in [0.2, 0.25) is 0 Å². The van der Waals surface area contributed by atoms with Gasteiger partial charge in [-0.3, -0.25) is 9.35 Å². The van der Waals surface area contributed by atoms with Crippen LogP contribution in [0.5, 0.6) is 0 Å². The van der Waals surface area contributed by atoms with Gasteiger partial charge in [0.25, 0.3) is 10.1 Å². The van der Waals surface area contributed by atoms with E-state index in [0.717, 1.165) is 51.4 Å². The zero-order chi connectivity index (χ0) is 26.9. The molecule has 0 radical (unpaired) electrons. The fourth-order valence-electron chi connectivity index (χ4n) is 4.45. The number of nitrogens with one attached hydrogen (secondary N) is 1. The van der Waals surface area contributed by atoms with E-state index in [1.807, 2.05) is 0 Å². The number of aliphatic hydroxyl groups excluding tert-OH is 1. The van der Waals surface area contributed by atoms with E-state index in [1.54, 1.807) is 0 Å². The van der Waals surface area contributed by atoms with E-state index in [2.05, 4.69) is 31.3 Å². The van der Waals surface area contributed by atoms with E-state index in [9.17, 15) is 22.9 Å². The van der Waals surface area contributed by atoms with E-state index >= 15 is 0 Å². The van der Waals surface area contributed by atoms with Crippen molar-refractivity contribution in [3.8, 4) is 0 Å². The Kier molecular flexibility index (Phi) is 23.8. The Morgan fingerprint density at radius 2 is 1.17 bits per heavy atom. The van der Waals surface area contributed by atoms with Gasteiger partial charge in [0.1, 0.15) is 0 Å². The lowest BCUT2D eigenvalue weighted by Gasteiger charge is -2.23. The van der Waals surface area contributed by atoms with Gasteiger partial charge in [0.15, 0.2) is 0 Å². The first-order valence-electron chi connectivity index (χ1n) is 14.9. The number of unbranched alkanes of at least 4 members (excludes halogenated alkanes) is 16. The van der Waals surface area contributed by atoms with Crippen LogP contribution in [0.4, 0.5) is 0 Å². The Balaban J connectivity index is 4.03. The summed E-state index contributed by atoms with van der Waals surface area (Å²) in [6, 6.07) is -0.967. The first-order chi connectivity index (χ1) is 17.3. The number of amides is 1. The van der Waals surface area contributed by atoms with Crippen LogP contribution >= 0.6 is 0 Å². The molecule has 36 heavy (non-hydrogen) atoms.